The van der Waals surface area contributed by atoms with Crippen molar-refractivity contribution < 1.29 is 9.53 Å². The average molecular weight is 368 g/mol. The summed E-state index contributed by atoms with van der Waals surface area (Å²) in [4.78, 5) is 16.6. The summed E-state index contributed by atoms with van der Waals surface area (Å²) in [5.74, 6) is 1.09. The maximum Gasteiger partial charge on any atom is 0.259 e. The highest BCUT2D eigenvalue weighted by atomic mass is 35.5. The maximum absolute atomic E-state index is 12.4. The first-order valence-electron chi connectivity index (χ1n) is 8.01. The molecular weight excluding hydrogens is 350 g/mol. The fourth-order valence-electron chi connectivity index (χ4n) is 2.37. The number of hydrogen-bond donors (Lipinski definition) is 2. The number of hydrogen-bond acceptors (Lipinski definition) is 4. The van der Waals surface area contributed by atoms with Crippen molar-refractivity contribution in [1.82, 2.24) is 4.98 Å². The fraction of sp³-hybridized carbons (Fsp3) is 0.100. The molecule has 0 saturated heterocycles. The van der Waals surface area contributed by atoms with E-state index in [0.717, 1.165) is 11.3 Å². The summed E-state index contributed by atoms with van der Waals surface area (Å²) in [5.41, 5.74) is 8.56. The largest absolute Gasteiger partial charge is 0.456 e. The lowest BCUT2D eigenvalue weighted by Crippen LogP contribution is -2.15. The van der Waals surface area contributed by atoms with Crippen molar-refractivity contribution in [3.8, 4) is 11.5 Å². The molecule has 0 unspecified atom stereocenters. The van der Waals surface area contributed by atoms with Crippen molar-refractivity contribution in [2.45, 2.75) is 13.8 Å². The summed E-state index contributed by atoms with van der Waals surface area (Å²) in [6.45, 7) is 3.74. The Hall–Kier alpha value is -3.05. The zero-order valence-corrected chi connectivity index (χ0v) is 15.2. The molecule has 0 bridgehead atoms. The second kappa shape index (κ2) is 7.45. The van der Waals surface area contributed by atoms with Crippen molar-refractivity contribution in [3.05, 3.63) is 76.4 Å². The number of aromatic nitrogens is 1. The molecule has 26 heavy (non-hydrogen) atoms. The zero-order chi connectivity index (χ0) is 18.7. The quantitative estimate of drug-likeness (QED) is 0.681. The lowest BCUT2D eigenvalue weighted by Gasteiger charge is -2.11. The average Bonchev–Trinajstić information content (AvgIpc) is 2.61. The third-order valence-electron chi connectivity index (χ3n) is 3.92. The van der Waals surface area contributed by atoms with Crippen LogP contribution in [0, 0.1) is 13.8 Å². The van der Waals surface area contributed by atoms with Gasteiger partial charge in [0.05, 0.1) is 10.6 Å². The van der Waals surface area contributed by atoms with Crippen LogP contribution < -0.4 is 15.8 Å². The third kappa shape index (κ3) is 3.95. The van der Waals surface area contributed by atoms with E-state index in [-0.39, 0.29) is 11.7 Å². The Morgan fingerprint density at radius 1 is 1.12 bits per heavy atom. The number of para-hydroxylation sites is 1. The van der Waals surface area contributed by atoms with Crippen LogP contribution in [0.5, 0.6) is 11.5 Å². The first kappa shape index (κ1) is 17.8. The smallest absolute Gasteiger partial charge is 0.259 e. The van der Waals surface area contributed by atoms with Crippen molar-refractivity contribution in [1.29, 1.82) is 0 Å². The minimum Gasteiger partial charge on any atom is -0.456 e. The predicted molar refractivity (Wildman–Crippen MR) is 104 cm³/mol. The van der Waals surface area contributed by atoms with E-state index in [1.807, 2.05) is 26.0 Å². The Morgan fingerprint density at radius 2 is 1.81 bits per heavy atom. The lowest BCUT2D eigenvalue weighted by molar-refractivity contribution is 0.102. The number of nitrogen functional groups attached to an aromatic ring is 1. The number of pyridine rings is 1. The number of nitrogens with zero attached hydrogens (tertiary/aromatic N) is 1. The second-order valence-corrected chi connectivity index (χ2v) is 6.24. The van der Waals surface area contributed by atoms with Gasteiger partial charge in [0.25, 0.3) is 5.91 Å². The molecule has 0 fully saturated rings. The van der Waals surface area contributed by atoms with Gasteiger partial charge in [0.15, 0.2) is 0 Å². The standard InChI is InChI=1S/C20H18ClN3O2/c1-12-11-16(19(22)23-13(12)2)20(25)24-14-7-9-15(10-8-14)26-18-6-4-3-5-17(18)21/h3-11H,1-2H3,(H2,22,23)(H,24,25). The number of ether oxygens (including phenoxy) is 1. The number of nitrogens with one attached hydrogen (secondary N) is 1. The molecule has 0 radical (unpaired) electrons. The molecule has 0 atom stereocenters. The van der Waals surface area contributed by atoms with Gasteiger partial charge in [0.1, 0.15) is 17.3 Å². The van der Waals surface area contributed by atoms with Crippen molar-refractivity contribution >= 4 is 29.0 Å². The topological polar surface area (TPSA) is 77.2 Å². The highest BCUT2D eigenvalue weighted by molar-refractivity contribution is 6.32. The molecule has 0 spiro atoms. The van der Waals surface area contributed by atoms with Crippen LogP contribution in [-0.4, -0.2) is 10.9 Å². The van der Waals surface area contributed by atoms with Gasteiger partial charge < -0.3 is 15.8 Å². The summed E-state index contributed by atoms with van der Waals surface area (Å²) in [6.07, 6.45) is 0. The maximum atomic E-state index is 12.4. The minimum atomic E-state index is -0.308. The van der Waals surface area contributed by atoms with Gasteiger partial charge >= 0.3 is 0 Å². The number of anilines is 2. The van der Waals surface area contributed by atoms with Crippen LogP contribution in [0.15, 0.2) is 54.6 Å². The molecule has 2 aromatic carbocycles. The molecule has 1 aromatic heterocycles. The van der Waals surface area contributed by atoms with Crippen molar-refractivity contribution in [3.63, 3.8) is 0 Å². The second-order valence-electron chi connectivity index (χ2n) is 5.83. The van der Waals surface area contributed by atoms with E-state index in [2.05, 4.69) is 10.3 Å². The van der Waals surface area contributed by atoms with Gasteiger partial charge in [-0.05, 0) is 61.9 Å². The van der Waals surface area contributed by atoms with Gasteiger partial charge in [-0.3, -0.25) is 4.79 Å². The van der Waals surface area contributed by atoms with Crippen LogP contribution in [0.1, 0.15) is 21.6 Å². The zero-order valence-electron chi connectivity index (χ0n) is 14.4. The minimum absolute atomic E-state index is 0.212. The molecule has 1 amide bonds. The molecule has 0 aliphatic carbocycles. The molecule has 0 saturated carbocycles. The highest BCUT2D eigenvalue weighted by Crippen LogP contribution is 2.29. The van der Waals surface area contributed by atoms with Gasteiger partial charge in [-0.2, -0.15) is 0 Å². The number of aryl methyl sites for hydroxylation is 2. The van der Waals surface area contributed by atoms with Gasteiger partial charge in [-0.25, -0.2) is 4.98 Å². The number of rotatable bonds is 4. The van der Waals surface area contributed by atoms with Gasteiger partial charge in [0.2, 0.25) is 0 Å². The summed E-state index contributed by atoms with van der Waals surface area (Å²) < 4.78 is 5.73. The van der Waals surface area contributed by atoms with Crippen molar-refractivity contribution in [2.75, 3.05) is 11.1 Å². The molecule has 3 aromatic rings. The van der Waals surface area contributed by atoms with E-state index in [9.17, 15) is 4.79 Å². The fourth-order valence-corrected chi connectivity index (χ4v) is 2.54. The monoisotopic (exact) mass is 367 g/mol. The molecule has 6 heteroatoms. The molecule has 1 heterocycles. The van der Waals surface area contributed by atoms with E-state index in [1.165, 1.54) is 0 Å². The first-order chi connectivity index (χ1) is 12.4. The summed E-state index contributed by atoms with van der Waals surface area (Å²) in [5, 5.41) is 3.34. The Balaban J connectivity index is 1.72. The number of benzene rings is 2. The Labute approximate surface area is 156 Å². The lowest BCUT2D eigenvalue weighted by atomic mass is 10.1. The van der Waals surface area contributed by atoms with Crippen LogP contribution in [0.2, 0.25) is 5.02 Å². The number of halogens is 1. The van der Waals surface area contributed by atoms with Crippen LogP contribution in [0.4, 0.5) is 11.5 Å². The van der Waals surface area contributed by atoms with E-state index < -0.39 is 0 Å². The highest BCUT2D eigenvalue weighted by Gasteiger charge is 2.13. The molecular formula is C20H18ClN3O2. The molecule has 3 N–H and O–H groups in total. The van der Waals surface area contributed by atoms with Crippen LogP contribution in [0.3, 0.4) is 0 Å². The molecule has 3 rings (SSSR count). The van der Waals surface area contributed by atoms with Gasteiger partial charge in [-0.1, -0.05) is 23.7 Å². The molecule has 0 aliphatic rings. The number of carbonyl (C=O) groups excluding carboxylic acids is 1. The van der Waals surface area contributed by atoms with Crippen LogP contribution in [0.25, 0.3) is 0 Å². The predicted octanol–water partition coefficient (Wildman–Crippen LogP) is 4.98. The van der Waals surface area contributed by atoms with E-state index in [1.54, 1.807) is 42.5 Å². The molecule has 0 aliphatic heterocycles. The first-order valence-corrected chi connectivity index (χ1v) is 8.39. The van der Waals surface area contributed by atoms with E-state index in [0.29, 0.717) is 27.8 Å². The van der Waals surface area contributed by atoms with Crippen LogP contribution >= 0.6 is 11.6 Å². The van der Waals surface area contributed by atoms with Gasteiger partial charge in [-0.15, -0.1) is 0 Å². The Kier molecular flexibility index (Phi) is 5.09. The van der Waals surface area contributed by atoms with E-state index in [4.69, 9.17) is 22.1 Å². The number of nitrogens with two attached hydrogens (primary N) is 1. The summed E-state index contributed by atoms with van der Waals surface area (Å²) in [7, 11) is 0. The van der Waals surface area contributed by atoms with Crippen LogP contribution in [-0.2, 0) is 0 Å². The summed E-state index contributed by atoms with van der Waals surface area (Å²) >= 11 is 6.08. The molecule has 5 nitrogen and oxygen atoms in total. The van der Waals surface area contributed by atoms with Gasteiger partial charge in [0, 0.05) is 11.4 Å². The summed E-state index contributed by atoms with van der Waals surface area (Å²) in [6, 6.07) is 16.0. The Morgan fingerprint density at radius 3 is 2.50 bits per heavy atom. The normalized spacial score (nSPS) is 10.4. The number of amides is 1. The van der Waals surface area contributed by atoms with E-state index >= 15 is 0 Å². The Bertz CT molecular complexity index is 956. The SMILES string of the molecule is Cc1cc(C(=O)Nc2ccc(Oc3ccccc3Cl)cc2)c(N)nc1C. The number of carbonyl (C=O) groups is 1. The van der Waals surface area contributed by atoms with Crippen molar-refractivity contribution in [2.24, 2.45) is 0 Å². The molecule has 132 valence electrons. The third-order valence-corrected chi connectivity index (χ3v) is 4.23.